The number of amides is 1. The molecule has 0 saturated carbocycles. The first-order valence-electron chi connectivity index (χ1n) is 9.40. The molecule has 0 aliphatic carbocycles. The number of methoxy groups -OCH3 is 1. The van der Waals surface area contributed by atoms with Crippen molar-refractivity contribution < 1.29 is 22.7 Å². The Balaban J connectivity index is 1.83. The molecule has 1 amide bonds. The van der Waals surface area contributed by atoms with Crippen LogP contribution in [0.5, 0.6) is 11.5 Å². The summed E-state index contributed by atoms with van der Waals surface area (Å²) in [5, 5.41) is 0. The molecular weight excluding hydrogens is 390 g/mol. The molecular formula is C22H25NO5S. The molecule has 0 bridgehead atoms. The molecule has 0 unspecified atom stereocenters. The van der Waals surface area contributed by atoms with Gasteiger partial charge in [0.1, 0.15) is 18.1 Å². The molecule has 1 atom stereocenters. The lowest BCUT2D eigenvalue weighted by Crippen LogP contribution is -2.40. The summed E-state index contributed by atoms with van der Waals surface area (Å²) < 4.78 is 34.7. The number of nitrogens with zero attached hydrogens (tertiary/aromatic N) is 1. The van der Waals surface area contributed by atoms with Crippen molar-refractivity contribution in [2.24, 2.45) is 0 Å². The Labute approximate surface area is 171 Å². The summed E-state index contributed by atoms with van der Waals surface area (Å²) in [5.41, 5.74) is 1.41. The van der Waals surface area contributed by atoms with E-state index >= 15 is 0 Å². The first kappa shape index (κ1) is 20.9. The molecule has 0 spiro atoms. The van der Waals surface area contributed by atoms with Crippen molar-refractivity contribution in [1.82, 2.24) is 4.90 Å². The molecule has 1 heterocycles. The number of carbonyl (C=O) groups excluding carboxylic acids is 1. The highest BCUT2D eigenvalue weighted by Crippen LogP contribution is 2.24. The summed E-state index contributed by atoms with van der Waals surface area (Å²) in [7, 11) is -1.53. The lowest BCUT2D eigenvalue weighted by Gasteiger charge is -2.28. The van der Waals surface area contributed by atoms with E-state index in [1.165, 1.54) is 0 Å². The average Bonchev–Trinajstić information content (AvgIpc) is 3.10. The number of ether oxygens (including phenoxy) is 2. The topological polar surface area (TPSA) is 72.9 Å². The number of sulfone groups is 1. The highest BCUT2D eigenvalue weighted by atomic mass is 32.2. The maximum absolute atomic E-state index is 13.2. The monoisotopic (exact) mass is 415 g/mol. The summed E-state index contributed by atoms with van der Waals surface area (Å²) in [4.78, 5) is 14.9. The van der Waals surface area contributed by atoms with Crippen LogP contribution in [0.1, 0.15) is 22.3 Å². The molecule has 1 saturated heterocycles. The standard InChI is InChI=1S/C22H25NO5S/c1-3-13-28-21-10-6-18(7-11-21)22(24)23(19-12-14-29(25,26)16-19)15-17-4-8-20(27-2)9-5-17/h3-11,19H,1,12-16H2,2H3/t19-/m0/s1. The molecule has 0 aromatic heterocycles. The van der Waals surface area contributed by atoms with Crippen LogP contribution in [0.2, 0.25) is 0 Å². The smallest absolute Gasteiger partial charge is 0.254 e. The largest absolute Gasteiger partial charge is 0.497 e. The van der Waals surface area contributed by atoms with E-state index < -0.39 is 9.84 Å². The van der Waals surface area contributed by atoms with Gasteiger partial charge in [0, 0.05) is 18.2 Å². The maximum Gasteiger partial charge on any atom is 0.254 e. The Morgan fingerprint density at radius 3 is 2.34 bits per heavy atom. The summed E-state index contributed by atoms with van der Waals surface area (Å²) in [6, 6.07) is 13.9. The second-order valence-corrected chi connectivity index (χ2v) is 9.19. The van der Waals surface area contributed by atoms with Gasteiger partial charge < -0.3 is 14.4 Å². The third-order valence-electron chi connectivity index (χ3n) is 4.89. The van der Waals surface area contributed by atoms with E-state index in [1.54, 1.807) is 42.4 Å². The van der Waals surface area contributed by atoms with Gasteiger partial charge in [-0.2, -0.15) is 0 Å². The third kappa shape index (κ3) is 5.38. The fourth-order valence-electron chi connectivity index (χ4n) is 3.33. The van der Waals surface area contributed by atoms with Gasteiger partial charge in [0.25, 0.3) is 5.91 Å². The van der Waals surface area contributed by atoms with Crippen LogP contribution in [0, 0.1) is 0 Å². The summed E-state index contributed by atoms with van der Waals surface area (Å²) in [6.07, 6.45) is 2.10. The van der Waals surface area contributed by atoms with E-state index in [1.807, 2.05) is 24.3 Å². The van der Waals surface area contributed by atoms with E-state index in [9.17, 15) is 13.2 Å². The van der Waals surface area contributed by atoms with Crippen molar-refractivity contribution in [3.63, 3.8) is 0 Å². The Morgan fingerprint density at radius 2 is 1.79 bits per heavy atom. The van der Waals surface area contributed by atoms with Gasteiger partial charge in [-0.3, -0.25) is 4.79 Å². The van der Waals surface area contributed by atoms with Gasteiger partial charge in [0.15, 0.2) is 9.84 Å². The second kappa shape index (κ2) is 9.13. The lowest BCUT2D eigenvalue weighted by molar-refractivity contribution is 0.0681. The van der Waals surface area contributed by atoms with Gasteiger partial charge in [-0.1, -0.05) is 24.8 Å². The number of hydrogen-bond acceptors (Lipinski definition) is 5. The number of benzene rings is 2. The summed E-state index contributed by atoms with van der Waals surface area (Å²) in [6.45, 7) is 4.33. The normalized spacial score (nSPS) is 17.5. The maximum atomic E-state index is 13.2. The fourth-order valence-corrected chi connectivity index (χ4v) is 5.06. The minimum Gasteiger partial charge on any atom is -0.497 e. The van der Waals surface area contributed by atoms with Gasteiger partial charge in [0.2, 0.25) is 0 Å². The first-order chi connectivity index (χ1) is 13.9. The average molecular weight is 416 g/mol. The SMILES string of the molecule is C=CCOc1ccc(C(=O)N(Cc2ccc(OC)cc2)[C@H]2CCS(=O)(=O)C2)cc1. The van der Waals surface area contributed by atoms with Crippen LogP contribution in [-0.2, 0) is 16.4 Å². The molecule has 1 fully saturated rings. The zero-order chi connectivity index (χ0) is 20.9. The molecule has 1 aliphatic rings. The Kier molecular flexibility index (Phi) is 6.59. The molecule has 154 valence electrons. The van der Waals surface area contributed by atoms with E-state index in [0.29, 0.717) is 30.9 Å². The van der Waals surface area contributed by atoms with Gasteiger partial charge in [0.05, 0.1) is 18.6 Å². The van der Waals surface area contributed by atoms with E-state index in [2.05, 4.69) is 6.58 Å². The van der Waals surface area contributed by atoms with Gasteiger partial charge in [-0.25, -0.2) is 8.42 Å². The lowest BCUT2D eigenvalue weighted by atomic mass is 10.1. The Bertz CT molecular complexity index is 952. The van der Waals surface area contributed by atoms with Crippen molar-refractivity contribution in [3.8, 4) is 11.5 Å². The van der Waals surface area contributed by atoms with Gasteiger partial charge in [-0.05, 0) is 48.4 Å². The summed E-state index contributed by atoms with van der Waals surface area (Å²) in [5.74, 6) is 1.28. The van der Waals surface area contributed by atoms with Crippen LogP contribution in [0.25, 0.3) is 0 Å². The molecule has 2 aromatic carbocycles. The van der Waals surface area contributed by atoms with Crippen molar-refractivity contribution in [1.29, 1.82) is 0 Å². The molecule has 29 heavy (non-hydrogen) atoms. The molecule has 1 aliphatic heterocycles. The van der Waals surface area contributed by atoms with Crippen molar-refractivity contribution >= 4 is 15.7 Å². The van der Waals surface area contributed by atoms with Crippen LogP contribution in [0.4, 0.5) is 0 Å². The van der Waals surface area contributed by atoms with Crippen molar-refractivity contribution in [2.45, 2.75) is 19.0 Å². The molecule has 3 rings (SSSR count). The third-order valence-corrected chi connectivity index (χ3v) is 6.64. The first-order valence-corrected chi connectivity index (χ1v) is 11.2. The molecule has 2 aromatic rings. The fraction of sp³-hybridized carbons (Fsp3) is 0.318. The minimum absolute atomic E-state index is 0.00454. The van der Waals surface area contributed by atoms with Crippen molar-refractivity contribution in [3.05, 3.63) is 72.3 Å². The quantitative estimate of drug-likeness (QED) is 0.620. The number of hydrogen-bond donors (Lipinski definition) is 0. The molecule has 7 heteroatoms. The predicted octanol–water partition coefficient (Wildman–Crippen LogP) is 3.09. The van der Waals surface area contributed by atoms with Crippen LogP contribution >= 0.6 is 0 Å². The minimum atomic E-state index is -3.12. The van der Waals surface area contributed by atoms with E-state index in [-0.39, 0.29) is 23.5 Å². The van der Waals surface area contributed by atoms with Gasteiger partial charge in [-0.15, -0.1) is 0 Å². The van der Waals surface area contributed by atoms with Crippen LogP contribution in [-0.4, -0.2) is 50.5 Å². The number of carbonyl (C=O) groups is 1. The predicted molar refractivity (Wildman–Crippen MR) is 112 cm³/mol. The zero-order valence-corrected chi connectivity index (χ0v) is 17.2. The van der Waals surface area contributed by atoms with Crippen LogP contribution in [0.3, 0.4) is 0 Å². The number of rotatable bonds is 8. The van der Waals surface area contributed by atoms with Crippen LogP contribution < -0.4 is 9.47 Å². The van der Waals surface area contributed by atoms with E-state index in [4.69, 9.17) is 9.47 Å². The molecule has 6 nitrogen and oxygen atoms in total. The highest BCUT2D eigenvalue weighted by Gasteiger charge is 2.35. The molecule has 0 radical (unpaired) electrons. The van der Waals surface area contributed by atoms with Crippen molar-refractivity contribution in [2.75, 3.05) is 25.2 Å². The second-order valence-electron chi connectivity index (χ2n) is 6.96. The van der Waals surface area contributed by atoms with Crippen LogP contribution in [0.15, 0.2) is 61.2 Å². The summed E-state index contributed by atoms with van der Waals surface area (Å²) >= 11 is 0. The zero-order valence-electron chi connectivity index (χ0n) is 16.4. The molecule has 0 N–H and O–H groups in total. The van der Waals surface area contributed by atoms with Gasteiger partial charge >= 0.3 is 0 Å². The van der Waals surface area contributed by atoms with E-state index in [0.717, 1.165) is 11.3 Å². The Morgan fingerprint density at radius 1 is 1.14 bits per heavy atom. The highest BCUT2D eigenvalue weighted by molar-refractivity contribution is 7.91. The Hall–Kier alpha value is -2.80.